The van der Waals surface area contributed by atoms with Crippen LogP contribution in [0.15, 0.2) is 48.5 Å². The number of carbonyl (C=O) groups excluding carboxylic acids is 1. The molecule has 24 heavy (non-hydrogen) atoms. The van der Waals surface area contributed by atoms with E-state index in [9.17, 15) is 10.1 Å². The molecule has 0 fully saturated rings. The lowest BCUT2D eigenvalue weighted by molar-refractivity contribution is 0.0949. The third kappa shape index (κ3) is 4.21. The highest BCUT2D eigenvalue weighted by atomic mass is 16.1. The van der Waals surface area contributed by atoms with Crippen molar-refractivity contribution in [3.63, 3.8) is 0 Å². The minimum atomic E-state index is -0.106. The maximum atomic E-state index is 12.6. The van der Waals surface area contributed by atoms with E-state index < -0.39 is 0 Å². The predicted molar refractivity (Wildman–Crippen MR) is 96.7 cm³/mol. The Balaban J connectivity index is 2.20. The van der Waals surface area contributed by atoms with Crippen molar-refractivity contribution in [1.29, 1.82) is 5.26 Å². The number of rotatable bonds is 7. The Kier molecular flexibility index (Phi) is 6.53. The molecule has 4 heteroatoms. The van der Waals surface area contributed by atoms with Crippen LogP contribution in [0, 0.1) is 11.3 Å². The van der Waals surface area contributed by atoms with Crippen molar-refractivity contribution in [3.8, 4) is 17.2 Å². The Morgan fingerprint density at radius 3 is 2.33 bits per heavy atom. The third-order valence-electron chi connectivity index (χ3n) is 4.12. The zero-order valence-electron chi connectivity index (χ0n) is 14.2. The molecule has 124 valence electrons. The predicted octanol–water partition coefficient (Wildman–Crippen LogP) is 3.30. The molecule has 1 amide bonds. The van der Waals surface area contributed by atoms with E-state index in [1.54, 1.807) is 12.1 Å². The zero-order chi connectivity index (χ0) is 17.4. The Morgan fingerprint density at radius 2 is 1.67 bits per heavy atom. The van der Waals surface area contributed by atoms with Crippen molar-refractivity contribution in [2.24, 2.45) is 0 Å². The van der Waals surface area contributed by atoms with E-state index in [2.05, 4.69) is 30.1 Å². The van der Waals surface area contributed by atoms with Gasteiger partial charge in [-0.2, -0.15) is 5.26 Å². The molecule has 0 aliphatic carbocycles. The van der Waals surface area contributed by atoms with Gasteiger partial charge in [-0.25, -0.2) is 0 Å². The van der Waals surface area contributed by atoms with Crippen LogP contribution in [0.25, 0.3) is 11.1 Å². The summed E-state index contributed by atoms with van der Waals surface area (Å²) >= 11 is 0. The van der Waals surface area contributed by atoms with Crippen molar-refractivity contribution in [1.82, 2.24) is 10.2 Å². The molecular weight excluding hydrogens is 298 g/mol. The van der Waals surface area contributed by atoms with Crippen molar-refractivity contribution in [2.45, 2.75) is 13.8 Å². The van der Waals surface area contributed by atoms with Gasteiger partial charge in [-0.1, -0.05) is 50.2 Å². The monoisotopic (exact) mass is 321 g/mol. The molecule has 0 aromatic heterocycles. The first kappa shape index (κ1) is 17.7. The van der Waals surface area contributed by atoms with Crippen LogP contribution < -0.4 is 5.32 Å². The molecule has 0 spiro atoms. The van der Waals surface area contributed by atoms with Crippen LogP contribution in [0.5, 0.6) is 0 Å². The van der Waals surface area contributed by atoms with Crippen molar-refractivity contribution in [2.75, 3.05) is 26.2 Å². The van der Waals surface area contributed by atoms with Gasteiger partial charge >= 0.3 is 0 Å². The van der Waals surface area contributed by atoms with Crippen molar-refractivity contribution >= 4 is 5.91 Å². The first-order valence-corrected chi connectivity index (χ1v) is 8.30. The Labute approximate surface area is 143 Å². The molecule has 0 radical (unpaired) electrons. The maximum absolute atomic E-state index is 12.6. The van der Waals surface area contributed by atoms with Crippen molar-refractivity contribution in [3.05, 3.63) is 59.7 Å². The minimum Gasteiger partial charge on any atom is -0.351 e. The number of nitrogens with zero attached hydrogens (tertiary/aromatic N) is 2. The van der Waals surface area contributed by atoms with E-state index in [1.165, 1.54) is 0 Å². The number of hydrogen-bond acceptors (Lipinski definition) is 3. The van der Waals surface area contributed by atoms with E-state index >= 15 is 0 Å². The first-order chi connectivity index (χ1) is 11.7. The first-order valence-electron chi connectivity index (χ1n) is 8.30. The SMILES string of the molecule is CCN(CC)CCNC(=O)c1ccccc1-c1ccccc1C#N. The summed E-state index contributed by atoms with van der Waals surface area (Å²) in [7, 11) is 0. The van der Waals surface area contributed by atoms with Gasteiger partial charge in [0.05, 0.1) is 11.6 Å². The molecule has 1 N–H and O–H groups in total. The van der Waals surface area contributed by atoms with Gasteiger partial charge in [0.2, 0.25) is 0 Å². The lowest BCUT2D eigenvalue weighted by Gasteiger charge is -2.18. The average molecular weight is 321 g/mol. The average Bonchev–Trinajstić information content (AvgIpc) is 2.65. The molecule has 0 saturated heterocycles. The number of carbonyl (C=O) groups is 1. The molecule has 0 heterocycles. The Morgan fingerprint density at radius 1 is 1.04 bits per heavy atom. The number of hydrogen-bond donors (Lipinski definition) is 1. The number of nitrogens with one attached hydrogen (secondary N) is 1. The smallest absolute Gasteiger partial charge is 0.251 e. The summed E-state index contributed by atoms with van der Waals surface area (Å²) in [4.78, 5) is 14.8. The summed E-state index contributed by atoms with van der Waals surface area (Å²) in [6.07, 6.45) is 0. The van der Waals surface area contributed by atoms with E-state index in [0.29, 0.717) is 17.7 Å². The molecule has 2 aromatic carbocycles. The van der Waals surface area contributed by atoms with Gasteiger partial charge in [0.1, 0.15) is 0 Å². The molecule has 0 aliphatic heterocycles. The number of benzene rings is 2. The largest absolute Gasteiger partial charge is 0.351 e. The molecule has 0 bridgehead atoms. The summed E-state index contributed by atoms with van der Waals surface area (Å²) in [5.41, 5.74) is 2.74. The van der Waals surface area contributed by atoms with E-state index in [0.717, 1.165) is 30.8 Å². The third-order valence-corrected chi connectivity index (χ3v) is 4.12. The second-order valence-electron chi connectivity index (χ2n) is 5.49. The van der Waals surface area contributed by atoms with E-state index in [1.807, 2.05) is 36.4 Å². The lowest BCUT2D eigenvalue weighted by atomic mass is 9.95. The summed E-state index contributed by atoms with van der Waals surface area (Å²) < 4.78 is 0. The van der Waals surface area contributed by atoms with Gasteiger partial charge in [0, 0.05) is 24.2 Å². The fraction of sp³-hybridized carbons (Fsp3) is 0.300. The standard InChI is InChI=1S/C20H23N3O/c1-3-23(4-2)14-13-22-20(24)19-12-8-7-11-18(19)17-10-6-5-9-16(17)15-21/h5-12H,3-4,13-14H2,1-2H3,(H,22,24). The lowest BCUT2D eigenvalue weighted by Crippen LogP contribution is -2.35. The Bertz CT molecular complexity index is 730. The van der Waals surface area contributed by atoms with Crippen LogP contribution in [-0.2, 0) is 0 Å². The van der Waals surface area contributed by atoms with Gasteiger partial charge < -0.3 is 10.2 Å². The highest BCUT2D eigenvalue weighted by molar-refractivity contribution is 6.01. The zero-order valence-corrected chi connectivity index (χ0v) is 14.2. The number of amides is 1. The van der Waals surface area contributed by atoms with E-state index in [-0.39, 0.29) is 5.91 Å². The summed E-state index contributed by atoms with van der Waals surface area (Å²) in [5, 5.41) is 12.3. The molecular formula is C20H23N3O. The quantitative estimate of drug-likeness (QED) is 0.851. The second kappa shape index (κ2) is 8.85. The molecule has 4 nitrogen and oxygen atoms in total. The second-order valence-corrected chi connectivity index (χ2v) is 5.49. The van der Waals surface area contributed by atoms with Gasteiger partial charge in [0.25, 0.3) is 5.91 Å². The van der Waals surface area contributed by atoms with Crippen LogP contribution in [0.4, 0.5) is 0 Å². The maximum Gasteiger partial charge on any atom is 0.251 e. The van der Waals surface area contributed by atoms with Crippen LogP contribution >= 0.6 is 0 Å². The highest BCUT2D eigenvalue weighted by Gasteiger charge is 2.14. The van der Waals surface area contributed by atoms with Gasteiger partial charge in [-0.05, 0) is 30.8 Å². The molecule has 0 unspecified atom stereocenters. The molecule has 0 aliphatic rings. The van der Waals surface area contributed by atoms with Gasteiger partial charge in [0.15, 0.2) is 0 Å². The van der Waals surface area contributed by atoms with Crippen molar-refractivity contribution < 1.29 is 4.79 Å². The summed E-state index contributed by atoms with van der Waals surface area (Å²) in [6, 6.07) is 17.0. The summed E-state index contributed by atoms with van der Waals surface area (Å²) in [6.45, 7) is 7.60. The van der Waals surface area contributed by atoms with Gasteiger partial charge in [-0.15, -0.1) is 0 Å². The summed E-state index contributed by atoms with van der Waals surface area (Å²) in [5.74, 6) is -0.106. The van der Waals surface area contributed by atoms with Crippen LogP contribution in [0.1, 0.15) is 29.8 Å². The minimum absolute atomic E-state index is 0.106. The van der Waals surface area contributed by atoms with Crippen LogP contribution in [-0.4, -0.2) is 37.0 Å². The fourth-order valence-electron chi connectivity index (χ4n) is 2.69. The van der Waals surface area contributed by atoms with Crippen LogP contribution in [0.2, 0.25) is 0 Å². The van der Waals surface area contributed by atoms with Crippen LogP contribution in [0.3, 0.4) is 0 Å². The molecule has 0 atom stereocenters. The molecule has 2 aromatic rings. The Hall–Kier alpha value is -2.64. The van der Waals surface area contributed by atoms with E-state index in [4.69, 9.17) is 0 Å². The normalized spacial score (nSPS) is 10.4. The van der Waals surface area contributed by atoms with Gasteiger partial charge in [-0.3, -0.25) is 4.79 Å². The fourth-order valence-corrected chi connectivity index (χ4v) is 2.69. The topological polar surface area (TPSA) is 56.1 Å². The highest BCUT2D eigenvalue weighted by Crippen LogP contribution is 2.26. The number of nitriles is 1. The molecule has 0 saturated carbocycles. The molecule has 2 rings (SSSR count). The number of likely N-dealkylation sites (N-methyl/N-ethyl adjacent to an activating group) is 1.